The highest BCUT2D eigenvalue weighted by molar-refractivity contribution is 7.99. The highest BCUT2D eigenvalue weighted by atomic mass is 32.2. The van der Waals surface area contributed by atoms with Gasteiger partial charge >= 0.3 is 11.9 Å². The average Bonchev–Trinajstić information content (AvgIpc) is 3.91. The zero-order valence-electron chi connectivity index (χ0n) is 38.4. The zero-order chi connectivity index (χ0) is 49.3. The van der Waals surface area contributed by atoms with E-state index in [1.165, 1.54) is 11.8 Å². The standard InChI is InChI=1S/C44H65N7O16S/c1-3-62-18-14-34(54)48-33(26-68-27-44(61)15-12-36(67-44)66-19-13-31(53)25-64-21-17-52)40(57)46-16-20-63-22-23-65-35(55)11-10-32(42(59)60)49-39(56)29-7-4-28(5-8-29)6-9-30-24-47-38-37(30)41(58)51-43(45-2)50-38/h4-5,7-8,24,31-33,36,52-53,61H,3,6,9-23,25-27H2,1-2H3,(H,46,57)(H,48,54)(H,49,56)(H,59,60)(H3,45,47,50,51,58). The Morgan fingerprint density at radius 2 is 1.76 bits per heavy atom. The van der Waals surface area contributed by atoms with E-state index in [4.69, 9.17) is 33.5 Å². The number of aromatic nitrogens is 3. The minimum Gasteiger partial charge on any atom is -0.480 e. The molecule has 5 unspecified atom stereocenters. The molecule has 5 atom stereocenters. The minimum absolute atomic E-state index is 0.0259. The number of aliphatic hydroxyl groups is 3. The number of nitrogens with zero attached hydrogens (tertiary/aromatic N) is 1. The molecule has 0 spiro atoms. The summed E-state index contributed by atoms with van der Waals surface area (Å²) >= 11 is 1.20. The van der Waals surface area contributed by atoms with Crippen LogP contribution in [0.5, 0.6) is 0 Å². The second kappa shape index (κ2) is 29.7. The Morgan fingerprint density at radius 3 is 2.50 bits per heavy atom. The molecule has 0 aliphatic carbocycles. The lowest BCUT2D eigenvalue weighted by Gasteiger charge is -2.24. The summed E-state index contributed by atoms with van der Waals surface area (Å²) in [5.74, 6) is -4.53. The van der Waals surface area contributed by atoms with E-state index in [1.54, 1.807) is 44.4 Å². The number of nitrogens with one attached hydrogen (secondary N) is 6. The molecule has 3 heterocycles. The molecule has 1 aliphatic rings. The Kier molecular flexibility index (Phi) is 24.2. The van der Waals surface area contributed by atoms with Crippen molar-refractivity contribution in [3.63, 3.8) is 0 Å². The predicted octanol–water partition coefficient (Wildman–Crippen LogP) is -0.0365. The number of carboxylic acids is 1. The number of rotatable bonds is 34. The van der Waals surface area contributed by atoms with Crippen LogP contribution in [0, 0.1) is 0 Å². The smallest absolute Gasteiger partial charge is 0.326 e. The number of anilines is 1. The van der Waals surface area contributed by atoms with Gasteiger partial charge in [-0.05, 0) is 55.9 Å². The third kappa shape index (κ3) is 19.4. The van der Waals surface area contributed by atoms with Gasteiger partial charge < -0.3 is 75.1 Å². The lowest BCUT2D eigenvalue weighted by Crippen LogP contribution is -2.49. The summed E-state index contributed by atoms with van der Waals surface area (Å²) in [5.41, 5.74) is 2.10. The molecule has 1 saturated heterocycles. The highest BCUT2D eigenvalue weighted by Crippen LogP contribution is 2.32. The molecule has 4 rings (SSSR count). The van der Waals surface area contributed by atoms with E-state index in [2.05, 4.69) is 36.2 Å². The number of carbonyl (C=O) groups excluding carboxylic acids is 4. The van der Waals surface area contributed by atoms with Gasteiger partial charge in [0.15, 0.2) is 12.1 Å². The van der Waals surface area contributed by atoms with E-state index >= 15 is 0 Å². The van der Waals surface area contributed by atoms with Crippen LogP contribution in [0.1, 0.15) is 66.9 Å². The van der Waals surface area contributed by atoms with E-state index in [-0.39, 0.29) is 114 Å². The van der Waals surface area contributed by atoms with Gasteiger partial charge in [-0.25, -0.2) is 4.79 Å². The molecule has 23 nitrogen and oxygen atoms in total. The summed E-state index contributed by atoms with van der Waals surface area (Å²) in [5, 5.41) is 50.5. The second-order valence-corrected chi connectivity index (χ2v) is 16.7. The average molecular weight is 980 g/mol. The van der Waals surface area contributed by atoms with Gasteiger partial charge in [0.05, 0.1) is 57.7 Å². The Hall–Kier alpha value is -5.18. The van der Waals surface area contributed by atoms with E-state index < -0.39 is 59.9 Å². The predicted molar refractivity (Wildman–Crippen MR) is 247 cm³/mol. The van der Waals surface area contributed by atoms with E-state index in [0.717, 1.165) is 11.1 Å². The van der Waals surface area contributed by atoms with Crippen LogP contribution in [0.3, 0.4) is 0 Å². The maximum atomic E-state index is 13.1. The van der Waals surface area contributed by atoms with Crippen LogP contribution in [0.15, 0.2) is 35.3 Å². The van der Waals surface area contributed by atoms with Crippen molar-refractivity contribution < 1.29 is 72.8 Å². The molecule has 1 aromatic carbocycles. The van der Waals surface area contributed by atoms with Crippen molar-refractivity contribution >= 4 is 58.4 Å². The molecule has 0 saturated carbocycles. The minimum atomic E-state index is -1.53. The highest BCUT2D eigenvalue weighted by Gasteiger charge is 2.39. The van der Waals surface area contributed by atoms with Crippen LogP contribution in [-0.4, -0.2) is 180 Å². The van der Waals surface area contributed by atoms with Gasteiger partial charge in [-0.1, -0.05) is 12.1 Å². The first-order valence-electron chi connectivity index (χ1n) is 22.5. The third-order valence-corrected chi connectivity index (χ3v) is 11.6. The topological polar surface area (TPSA) is 331 Å². The summed E-state index contributed by atoms with van der Waals surface area (Å²) < 4.78 is 32.3. The normalized spacial score (nSPS) is 17.0. The van der Waals surface area contributed by atoms with Crippen molar-refractivity contribution in [2.24, 2.45) is 0 Å². The van der Waals surface area contributed by atoms with Crippen molar-refractivity contribution in [2.75, 3.05) is 89.9 Å². The molecule has 378 valence electrons. The summed E-state index contributed by atoms with van der Waals surface area (Å²) in [7, 11) is 1.65. The van der Waals surface area contributed by atoms with Crippen LogP contribution in [-0.2, 0) is 60.4 Å². The Labute approximate surface area is 397 Å². The number of aromatic amines is 2. The van der Waals surface area contributed by atoms with Crippen LogP contribution in [0.4, 0.5) is 5.95 Å². The van der Waals surface area contributed by atoms with E-state index in [1.807, 2.05) is 0 Å². The largest absolute Gasteiger partial charge is 0.480 e. The molecule has 1 aliphatic heterocycles. The number of hydrogen-bond donors (Lipinski definition) is 10. The lowest BCUT2D eigenvalue weighted by atomic mass is 10.0. The summed E-state index contributed by atoms with van der Waals surface area (Å²) in [6.07, 6.45) is 1.83. The number of carbonyl (C=O) groups is 5. The Balaban J connectivity index is 1.11. The molecule has 1 fully saturated rings. The number of hydrogen-bond acceptors (Lipinski definition) is 18. The summed E-state index contributed by atoms with van der Waals surface area (Å²) in [6, 6.07) is 4.29. The number of thioether (sulfide) groups is 1. The van der Waals surface area contributed by atoms with E-state index in [0.29, 0.717) is 42.9 Å². The molecule has 0 bridgehead atoms. The number of carboxylic acid groups (broad SMARTS) is 1. The maximum absolute atomic E-state index is 13.1. The third-order valence-electron chi connectivity index (χ3n) is 10.4. The molecule has 68 heavy (non-hydrogen) atoms. The van der Waals surface area contributed by atoms with Crippen LogP contribution in [0.25, 0.3) is 11.0 Å². The fourth-order valence-electron chi connectivity index (χ4n) is 6.77. The molecule has 0 radical (unpaired) electrons. The van der Waals surface area contributed by atoms with Crippen molar-refractivity contribution in [2.45, 2.75) is 88.6 Å². The summed E-state index contributed by atoms with van der Waals surface area (Å²) in [6.45, 7) is 2.53. The number of H-pyrrole nitrogens is 2. The first-order chi connectivity index (χ1) is 32.7. The van der Waals surface area contributed by atoms with Gasteiger partial charge in [0, 0.05) is 69.1 Å². The van der Waals surface area contributed by atoms with Gasteiger partial charge in [0.2, 0.25) is 17.8 Å². The van der Waals surface area contributed by atoms with Crippen molar-refractivity contribution in [3.8, 4) is 0 Å². The number of benzene rings is 1. The van der Waals surface area contributed by atoms with Crippen molar-refractivity contribution in [1.29, 1.82) is 0 Å². The van der Waals surface area contributed by atoms with Crippen molar-refractivity contribution in [3.05, 3.63) is 57.5 Å². The van der Waals surface area contributed by atoms with Gasteiger partial charge in [-0.3, -0.25) is 29.0 Å². The van der Waals surface area contributed by atoms with Gasteiger partial charge in [-0.15, -0.1) is 0 Å². The molecule has 3 aromatic rings. The molecule has 3 amide bonds. The first kappa shape index (κ1) is 55.4. The number of aliphatic carboxylic acids is 1. The fourth-order valence-corrected chi connectivity index (χ4v) is 7.89. The molecule has 10 N–H and O–H groups in total. The van der Waals surface area contributed by atoms with E-state index in [9.17, 15) is 44.1 Å². The van der Waals surface area contributed by atoms with Crippen molar-refractivity contribution in [1.82, 2.24) is 30.9 Å². The number of amides is 3. The fraction of sp³-hybridized carbons (Fsp3) is 0.614. The van der Waals surface area contributed by atoms with Crippen LogP contribution < -0.4 is 26.8 Å². The monoisotopic (exact) mass is 979 g/mol. The van der Waals surface area contributed by atoms with Gasteiger partial charge in [-0.2, -0.15) is 16.7 Å². The number of aliphatic hydroxyl groups excluding tert-OH is 2. The molecule has 24 heteroatoms. The van der Waals surface area contributed by atoms with Gasteiger partial charge in [0.25, 0.3) is 11.5 Å². The Bertz CT molecular complexity index is 2110. The zero-order valence-corrected chi connectivity index (χ0v) is 39.2. The summed E-state index contributed by atoms with van der Waals surface area (Å²) in [4.78, 5) is 85.5. The quantitative estimate of drug-likeness (QED) is 0.0277. The molecule has 2 aromatic heterocycles. The number of esters is 1. The molecular weight excluding hydrogens is 915 g/mol. The SMILES string of the molecule is CCOCCC(=O)NC(CSCC1(O)CCC(OCCC(O)COCCO)O1)C(=O)NCCOCCOC(=O)CCC(NC(=O)c1ccc(CCc2c[nH]c3nc(NC)[nH]c(=O)c23)cc1)C(=O)O. The first-order valence-corrected chi connectivity index (χ1v) is 23.6. The Morgan fingerprint density at radius 1 is 0.971 bits per heavy atom. The lowest BCUT2D eigenvalue weighted by molar-refractivity contribution is -0.238. The number of ether oxygens (including phenoxy) is 6. The maximum Gasteiger partial charge on any atom is 0.326 e. The number of aryl methyl sites for hydroxylation is 2. The van der Waals surface area contributed by atoms with Gasteiger partial charge in [0.1, 0.15) is 24.3 Å². The van der Waals surface area contributed by atoms with Crippen LogP contribution in [0.2, 0.25) is 0 Å². The number of fused-ring (bicyclic) bond motifs is 1. The second-order valence-electron chi connectivity index (χ2n) is 15.7. The van der Waals surface area contributed by atoms with Crippen LogP contribution >= 0.6 is 11.8 Å². The molecular formula is C44H65N7O16S.